The van der Waals surface area contributed by atoms with Crippen LogP contribution in [0.2, 0.25) is 5.02 Å². The zero-order valence-electron chi connectivity index (χ0n) is 7.57. The number of nitriles is 2. The van der Waals surface area contributed by atoms with Gasteiger partial charge in [-0.2, -0.15) is 10.5 Å². The van der Waals surface area contributed by atoms with Crippen LogP contribution in [0.3, 0.4) is 0 Å². The zero-order valence-corrected chi connectivity index (χ0v) is 8.33. The van der Waals surface area contributed by atoms with Gasteiger partial charge in [-0.15, -0.1) is 0 Å². The van der Waals surface area contributed by atoms with E-state index in [9.17, 15) is 0 Å². The molecule has 0 fully saturated rings. The fourth-order valence-electron chi connectivity index (χ4n) is 1.29. The quantitative estimate of drug-likeness (QED) is 0.759. The van der Waals surface area contributed by atoms with Crippen molar-refractivity contribution in [2.75, 3.05) is 0 Å². The molecule has 0 aliphatic heterocycles. The molecule has 0 N–H and O–H groups in total. The van der Waals surface area contributed by atoms with Gasteiger partial charge in [0.25, 0.3) is 0 Å². The van der Waals surface area contributed by atoms with Gasteiger partial charge in [0.2, 0.25) is 0 Å². The highest BCUT2D eigenvalue weighted by atomic mass is 35.5. The Balaban J connectivity index is 2.89. The Hall–Kier alpha value is -1.51. The van der Waals surface area contributed by atoms with Gasteiger partial charge < -0.3 is 0 Å². The molecule has 70 valence electrons. The molecule has 1 rings (SSSR count). The van der Waals surface area contributed by atoms with Crippen molar-refractivity contribution in [1.82, 2.24) is 0 Å². The van der Waals surface area contributed by atoms with Gasteiger partial charge in [-0.3, -0.25) is 0 Å². The number of rotatable bonds is 3. The topological polar surface area (TPSA) is 47.6 Å². The fraction of sp³-hybridized carbons (Fsp3) is 0.273. The molecule has 0 saturated heterocycles. The summed E-state index contributed by atoms with van der Waals surface area (Å²) in [4.78, 5) is 0. The Morgan fingerprint density at radius 2 is 1.86 bits per heavy atom. The van der Waals surface area contributed by atoms with Crippen LogP contribution in [-0.4, -0.2) is 0 Å². The summed E-state index contributed by atoms with van der Waals surface area (Å²) < 4.78 is 0. The summed E-state index contributed by atoms with van der Waals surface area (Å²) in [7, 11) is 0. The number of hydrogen-bond donors (Lipinski definition) is 0. The maximum absolute atomic E-state index is 8.60. The summed E-state index contributed by atoms with van der Waals surface area (Å²) in [6, 6.07) is 11.5. The van der Waals surface area contributed by atoms with Crippen molar-refractivity contribution < 1.29 is 0 Å². The first-order valence-corrected chi connectivity index (χ1v) is 4.65. The minimum atomic E-state index is -0.0244. The molecule has 0 saturated carbocycles. The van der Waals surface area contributed by atoms with E-state index in [1.54, 1.807) is 12.1 Å². The monoisotopic (exact) mass is 204 g/mol. The lowest BCUT2D eigenvalue weighted by Gasteiger charge is -2.09. The standard InChI is InChI=1S/C11H9ClN2/c12-11-3-1-2-10(8-11)9(4-6-13)5-7-14/h1-3,8-9H,4-5H2. The van der Waals surface area contributed by atoms with Gasteiger partial charge in [0.05, 0.1) is 12.1 Å². The van der Waals surface area contributed by atoms with E-state index < -0.39 is 0 Å². The van der Waals surface area contributed by atoms with E-state index in [2.05, 4.69) is 12.1 Å². The average molecular weight is 205 g/mol. The number of nitrogens with zero attached hydrogens (tertiary/aromatic N) is 2. The van der Waals surface area contributed by atoms with Crippen molar-refractivity contribution in [2.24, 2.45) is 0 Å². The van der Waals surface area contributed by atoms with Crippen molar-refractivity contribution in [2.45, 2.75) is 18.8 Å². The molecule has 0 aliphatic carbocycles. The molecule has 0 aliphatic rings. The van der Waals surface area contributed by atoms with Gasteiger partial charge in [-0.05, 0) is 17.7 Å². The molecule has 0 spiro atoms. The van der Waals surface area contributed by atoms with Gasteiger partial charge in [0, 0.05) is 23.8 Å². The summed E-state index contributed by atoms with van der Waals surface area (Å²) in [6.45, 7) is 0. The smallest absolute Gasteiger partial charge is 0.0628 e. The molecule has 1 aromatic rings. The second-order valence-corrected chi connectivity index (χ2v) is 3.41. The number of halogens is 1. The van der Waals surface area contributed by atoms with E-state index in [0.717, 1.165) is 5.56 Å². The molecule has 0 atom stereocenters. The molecular weight excluding hydrogens is 196 g/mol. The van der Waals surface area contributed by atoms with Crippen molar-refractivity contribution >= 4 is 11.6 Å². The highest BCUT2D eigenvalue weighted by Gasteiger charge is 2.10. The first kappa shape index (κ1) is 10.6. The number of hydrogen-bond acceptors (Lipinski definition) is 2. The minimum absolute atomic E-state index is 0.0244. The second-order valence-electron chi connectivity index (χ2n) is 2.98. The van der Waals surface area contributed by atoms with E-state index in [4.69, 9.17) is 22.1 Å². The first-order valence-electron chi connectivity index (χ1n) is 4.27. The summed E-state index contributed by atoms with van der Waals surface area (Å²) in [5.41, 5.74) is 0.959. The van der Waals surface area contributed by atoms with E-state index in [-0.39, 0.29) is 5.92 Å². The third-order valence-electron chi connectivity index (χ3n) is 2.00. The lowest BCUT2D eigenvalue weighted by Crippen LogP contribution is -1.96. The van der Waals surface area contributed by atoms with Gasteiger partial charge in [0.15, 0.2) is 0 Å². The van der Waals surface area contributed by atoms with Crippen LogP contribution in [0, 0.1) is 22.7 Å². The highest BCUT2D eigenvalue weighted by Crippen LogP contribution is 2.24. The molecule has 0 bridgehead atoms. The molecule has 0 aromatic heterocycles. The van der Waals surface area contributed by atoms with E-state index in [1.165, 1.54) is 0 Å². The lowest BCUT2D eigenvalue weighted by atomic mass is 9.94. The molecule has 14 heavy (non-hydrogen) atoms. The van der Waals surface area contributed by atoms with E-state index >= 15 is 0 Å². The molecule has 0 unspecified atom stereocenters. The lowest BCUT2D eigenvalue weighted by molar-refractivity contribution is 0.726. The van der Waals surface area contributed by atoms with Gasteiger partial charge in [0.1, 0.15) is 0 Å². The third kappa shape index (κ3) is 2.76. The average Bonchev–Trinajstić information content (AvgIpc) is 2.17. The maximum Gasteiger partial charge on any atom is 0.0628 e. The maximum atomic E-state index is 8.60. The highest BCUT2D eigenvalue weighted by molar-refractivity contribution is 6.30. The van der Waals surface area contributed by atoms with Crippen LogP contribution in [0.5, 0.6) is 0 Å². The Morgan fingerprint density at radius 3 is 2.36 bits per heavy atom. The molecule has 2 nitrogen and oxygen atoms in total. The SMILES string of the molecule is N#CCC(CC#N)c1cccc(Cl)c1. The van der Waals surface area contributed by atoms with Crippen LogP contribution in [-0.2, 0) is 0 Å². The van der Waals surface area contributed by atoms with Crippen LogP contribution in [0.15, 0.2) is 24.3 Å². The van der Waals surface area contributed by atoms with E-state index in [0.29, 0.717) is 17.9 Å². The minimum Gasteiger partial charge on any atom is -0.198 e. The Kier molecular flexibility index (Phi) is 3.98. The van der Waals surface area contributed by atoms with Crippen molar-refractivity contribution in [1.29, 1.82) is 10.5 Å². The summed E-state index contributed by atoms with van der Waals surface area (Å²) >= 11 is 5.82. The van der Waals surface area contributed by atoms with Crippen LogP contribution >= 0.6 is 11.6 Å². The fourth-order valence-corrected chi connectivity index (χ4v) is 1.49. The molecule has 0 amide bonds. The Bertz CT molecular complexity index is 371. The van der Waals surface area contributed by atoms with Crippen molar-refractivity contribution in [3.8, 4) is 12.1 Å². The third-order valence-corrected chi connectivity index (χ3v) is 2.23. The van der Waals surface area contributed by atoms with Crippen LogP contribution in [0.4, 0.5) is 0 Å². The van der Waals surface area contributed by atoms with Gasteiger partial charge in [-0.25, -0.2) is 0 Å². The summed E-state index contributed by atoms with van der Waals surface area (Å²) in [5, 5.41) is 17.8. The summed E-state index contributed by atoms with van der Waals surface area (Å²) in [6.07, 6.45) is 0.710. The van der Waals surface area contributed by atoms with Crippen molar-refractivity contribution in [3.63, 3.8) is 0 Å². The predicted molar refractivity (Wildman–Crippen MR) is 54.7 cm³/mol. The molecular formula is C11H9ClN2. The van der Waals surface area contributed by atoms with Crippen molar-refractivity contribution in [3.05, 3.63) is 34.9 Å². The molecule has 0 heterocycles. The van der Waals surface area contributed by atoms with Crippen LogP contribution in [0.25, 0.3) is 0 Å². The predicted octanol–water partition coefficient (Wildman–Crippen LogP) is 3.25. The second kappa shape index (κ2) is 5.27. The first-order chi connectivity index (χ1) is 6.77. The molecule has 1 aromatic carbocycles. The zero-order chi connectivity index (χ0) is 10.4. The van der Waals surface area contributed by atoms with Crippen LogP contribution < -0.4 is 0 Å². The largest absolute Gasteiger partial charge is 0.198 e. The van der Waals surface area contributed by atoms with Gasteiger partial charge in [-0.1, -0.05) is 23.7 Å². The molecule has 3 heteroatoms. The Labute approximate surface area is 88.3 Å². The Morgan fingerprint density at radius 1 is 1.21 bits per heavy atom. The van der Waals surface area contributed by atoms with Crippen LogP contribution in [0.1, 0.15) is 24.3 Å². The van der Waals surface area contributed by atoms with E-state index in [1.807, 2.05) is 12.1 Å². The normalized spacial score (nSPS) is 9.43. The molecule has 0 radical (unpaired) electrons. The van der Waals surface area contributed by atoms with Gasteiger partial charge >= 0.3 is 0 Å². The number of benzene rings is 1. The summed E-state index contributed by atoms with van der Waals surface area (Å²) in [5.74, 6) is -0.0244.